The van der Waals surface area contributed by atoms with Crippen molar-refractivity contribution < 1.29 is 0 Å². The van der Waals surface area contributed by atoms with Crippen LogP contribution in [-0.2, 0) is 13.1 Å². The summed E-state index contributed by atoms with van der Waals surface area (Å²) in [6.45, 7) is 0.613. The Kier molecular flexibility index (Phi) is 7.49. The summed E-state index contributed by atoms with van der Waals surface area (Å²) in [5, 5.41) is 0. The van der Waals surface area contributed by atoms with Crippen LogP contribution < -0.4 is 11.1 Å². The van der Waals surface area contributed by atoms with Crippen LogP contribution in [0, 0.1) is 0 Å². The summed E-state index contributed by atoms with van der Waals surface area (Å²) >= 11 is 0. The van der Waals surface area contributed by atoms with E-state index in [0.29, 0.717) is 46.6 Å². The first-order chi connectivity index (χ1) is 29.6. The lowest BCUT2D eigenvalue weighted by atomic mass is 9.94. The zero-order chi connectivity index (χ0) is 39.9. The van der Waals surface area contributed by atoms with E-state index in [2.05, 4.69) is 51.3 Å². The highest BCUT2D eigenvalue weighted by molar-refractivity contribution is 6.09. The molecule has 0 fully saturated rings. The Labute approximate surface area is 343 Å². The third-order valence-corrected chi connectivity index (χ3v) is 11.9. The van der Waals surface area contributed by atoms with Gasteiger partial charge >= 0.3 is 0 Å². The summed E-state index contributed by atoms with van der Waals surface area (Å²) in [6, 6.07) is 56.6. The van der Waals surface area contributed by atoms with Gasteiger partial charge in [0.2, 0.25) is 0 Å². The summed E-state index contributed by atoms with van der Waals surface area (Å²) in [4.78, 5) is 41.9. The SMILES string of the molecule is O=c1c2nc3ccccc3n1Cc1cccc(c1)Cn1c(=O)c(nc3ccccc31)-c1c(-c3ccccc3)c3ccccn3c1-c1c-2c(-c2ccccc2)c2ccccn12. The van der Waals surface area contributed by atoms with Crippen molar-refractivity contribution >= 4 is 33.1 Å². The molecule has 0 N–H and O–H groups in total. The fraction of sp³-hybridized carbons (Fsp3) is 0.0385. The number of para-hydroxylation sites is 4. The fourth-order valence-corrected chi connectivity index (χ4v) is 9.35. The van der Waals surface area contributed by atoms with Gasteiger partial charge in [-0.1, -0.05) is 121 Å². The van der Waals surface area contributed by atoms with Gasteiger partial charge in [0.15, 0.2) is 0 Å². The molecule has 0 radical (unpaired) electrons. The van der Waals surface area contributed by atoms with E-state index in [-0.39, 0.29) is 11.1 Å². The van der Waals surface area contributed by atoms with Gasteiger partial charge in [0.1, 0.15) is 11.4 Å². The van der Waals surface area contributed by atoms with Crippen molar-refractivity contribution in [2.45, 2.75) is 13.1 Å². The second-order valence-electron chi connectivity index (χ2n) is 15.3. The van der Waals surface area contributed by atoms with Crippen molar-refractivity contribution in [2.75, 3.05) is 0 Å². The number of nitrogens with zero attached hydrogens (tertiary/aromatic N) is 6. The third kappa shape index (κ3) is 5.04. The molecule has 0 saturated carbocycles. The predicted octanol–water partition coefficient (Wildman–Crippen LogP) is 10.4. The second-order valence-corrected chi connectivity index (χ2v) is 15.3. The maximum atomic E-state index is 15.6. The van der Waals surface area contributed by atoms with Crippen LogP contribution in [0.3, 0.4) is 0 Å². The van der Waals surface area contributed by atoms with Gasteiger partial charge in [-0.2, -0.15) is 0 Å². The molecule has 0 atom stereocenters. The molecule has 0 amide bonds. The van der Waals surface area contributed by atoms with E-state index in [1.807, 2.05) is 149 Å². The molecular formula is C52H34N6O2. The lowest BCUT2D eigenvalue weighted by Crippen LogP contribution is -2.25. The molecule has 6 aromatic heterocycles. The first kappa shape index (κ1) is 34.0. The Morgan fingerprint density at radius 1 is 0.383 bits per heavy atom. The van der Waals surface area contributed by atoms with Crippen LogP contribution >= 0.6 is 0 Å². The molecule has 1 aliphatic rings. The highest BCUT2D eigenvalue weighted by Gasteiger charge is 2.33. The number of hydrogen-bond acceptors (Lipinski definition) is 4. The van der Waals surface area contributed by atoms with Crippen LogP contribution in [0.4, 0.5) is 0 Å². The number of hydrogen-bond donors (Lipinski definition) is 0. The standard InChI is InChI=1S/C52H34N6O2/c59-51-47-45-43(35-18-3-1-4-19-35)41-26-11-13-28-55(41)49(45)50-46(44(36-20-5-2-6-21-36)42-27-12-14-29-56(42)50)48-52(60)58(40-25-10-8-23-38(40)54-48)32-34-17-15-16-33(30-34)31-57(51)39-24-9-7-22-37(39)53-47/h1-30H,31-32H2. The van der Waals surface area contributed by atoms with Crippen molar-refractivity contribution in [3.8, 4) is 56.2 Å². The minimum atomic E-state index is -0.211. The molecule has 0 saturated heterocycles. The van der Waals surface area contributed by atoms with Crippen LogP contribution in [0.5, 0.6) is 0 Å². The monoisotopic (exact) mass is 774 g/mol. The molecule has 8 heteroatoms. The zero-order valence-corrected chi connectivity index (χ0v) is 32.2. The van der Waals surface area contributed by atoms with Crippen molar-refractivity contribution in [1.82, 2.24) is 27.9 Å². The quantitative estimate of drug-likeness (QED) is 0.175. The van der Waals surface area contributed by atoms with Gasteiger partial charge in [-0.25, -0.2) is 9.97 Å². The van der Waals surface area contributed by atoms with Crippen molar-refractivity contribution in [3.63, 3.8) is 0 Å². The van der Waals surface area contributed by atoms with E-state index < -0.39 is 0 Å². The fourth-order valence-electron chi connectivity index (χ4n) is 9.35. The maximum absolute atomic E-state index is 15.6. The van der Waals surface area contributed by atoms with E-state index in [9.17, 15) is 0 Å². The van der Waals surface area contributed by atoms with Gasteiger partial charge in [-0.05, 0) is 70.8 Å². The topological polar surface area (TPSA) is 78.6 Å². The number of benzene rings is 5. The van der Waals surface area contributed by atoms with Crippen molar-refractivity contribution in [2.24, 2.45) is 0 Å². The average molecular weight is 775 g/mol. The Bertz CT molecular complexity index is 3410. The van der Waals surface area contributed by atoms with Crippen molar-refractivity contribution in [1.29, 1.82) is 0 Å². The highest BCUT2D eigenvalue weighted by Crippen LogP contribution is 2.50. The Morgan fingerprint density at radius 3 is 1.25 bits per heavy atom. The van der Waals surface area contributed by atoms with Crippen LogP contribution in [0.25, 0.3) is 89.3 Å². The molecule has 1 aliphatic heterocycles. The number of fused-ring (bicyclic) bond motifs is 19. The van der Waals surface area contributed by atoms with Gasteiger partial charge in [-0.3, -0.25) is 9.59 Å². The van der Waals surface area contributed by atoms with E-state index in [1.165, 1.54) is 0 Å². The summed E-state index contributed by atoms with van der Waals surface area (Å²) in [7, 11) is 0. The van der Waals surface area contributed by atoms with Crippen LogP contribution in [0.1, 0.15) is 11.1 Å². The van der Waals surface area contributed by atoms with Gasteiger partial charge in [0, 0.05) is 34.6 Å². The molecule has 7 heterocycles. The van der Waals surface area contributed by atoms with Crippen LogP contribution in [-0.4, -0.2) is 27.9 Å². The van der Waals surface area contributed by atoms with E-state index in [0.717, 1.165) is 66.8 Å². The van der Waals surface area contributed by atoms with Gasteiger partial charge in [-0.15, -0.1) is 0 Å². The summed E-state index contributed by atoms with van der Waals surface area (Å²) in [5.41, 5.74) is 13.2. The minimum absolute atomic E-state index is 0.211. The minimum Gasteiger partial charge on any atom is -0.314 e. The van der Waals surface area contributed by atoms with E-state index in [4.69, 9.17) is 9.97 Å². The lowest BCUT2D eigenvalue weighted by Gasteiger charge is -2.16. The molecule has 284 valence electrons. The highest BCUT2D eigenvalue weighted by atomic mass is 16.1. The molecule has 6 bridgehead atoms. The molecule has 11 aromatic rings. The lowest BCUT2D eigenvalue weighted by molar-refractivity contribution is 0.771. The summed E-state index contributed by atoms with van der Waals surface area (Å²) in [5.74, 6) is 0. The summed E-state index contributed by atoms with van der Waals surface area (Å²) < 4.78 is 8.03. The summed E-state index contributed by atoms with van der Waals surface area (Å²) in [6.07, 6.45) is 4.08. The molecular weight excluding hydrogens is 741 g/mol. The van der Waals surface area contributed by atoms with E-state index >= 15 is 9.59 Å². The predicted molar refractivity (Wildman–Crippen MR) is 239 cm³/mol. The molecule has 0 spiro atoms. The molecule has 0 aliphatic carbocycles. The maximum Gasteiger partial charge on any atom is 0.278 e. The Hall–Kier alpha value is -8.10. The molecule has 5 aromatic carbocycles. The van der Waals surface area contributed by atoms with Gasteiger partial charge in [0.25, 0.3) is 11.1 Å². The number of aromatic nitrogens is 6. The van der Waals surface area contributed by atoms with Crippen LogP contribution in [0.2, 0.25) is 0 Å². The first-order valence-corrected chi connectivity index (χ1v) is 20.1. The van der Waals surface area contributed by atoms with Gasteiger partial charge < -0.3 is 17.9 Å². The molecule has 0 unspecified atom stereocenters. The molecule has 60 heavy (non-hydrogen) atoms. The zero-order valence-electron chi connectivity index (χ0n) is 32.2. The second kappa shape index (κ2) is 13.2. The average Bonchev–Trinajstić information content (AvgIpc) is 3.81. The normalized spacial score (nSPS) is 12.3. The first-order valence-electron chi connectivity index (χ1n) is 20.1. The Balaban J connectivity index is 1.38. The Morgan fingerprint density at radius 2 is 0.783 bits per heavy atom. The van der Waals surface area contributed by atoms with Crippen molar-refractivity contribution in [3.05, 3.63) is 214 Å². The smallest absolute Gasteiger partial charge is 0.278 e. The van der Waals surface area contributed by atoms with E-state index in [1.54, 1.807) is 0 Å². The number of rotatable bonds is 2. The molecule has 12 rings (SSSR count). The number of pyridine rings is 2. The largest absolute Gasteiger partial charge is 0.314 e. The van der Waals surface area contributed by atoms with Gasteiger partial charge in [0.05, 0.1) is 57.6 Å². The third-order valence-electron chi connectivity index (χ3n) is 11.9. The van der Waals surface area contributed by atoms with Crippen LogP contribution in [0.15, 0.2) is 192 Å². The molecule has 8 nitrogen and oxygen atoms in total.